The number of benzene rings is 2. The molecule has 2 unspecified atom stereocenters. The molecule has 0 aromatic heterocycles. The van der Waals surface area contributed by atoms with E-state index >= 15 is 0 Å². The smallest absolute Gasteiger partial charge is 0.345 e. The van der Waals surface area contributed by atoms with Gasteiger partial charge >= 0.3 is 24.2 Å². The predicted octanol–water partition coefficient (Wildman–Crippen LogP) is 5.25. The van der Waals surface area contributed by atoms with Gasteiger partial charge in [-0.25, -0.2) is 0 Å². The molecule has 0 radical (unpaired) electrons. The molecule has 4 rings (SSSR count). The summed E-state index contributed by atoms with van der Waals surface area (Å²) in [5, 5.41) is 7.12. The molecule has 3 N–H and O–H groups in total. The largest absolute Gasteiger partial charge is 0.471 e. The van der Waals surface area contributed by atoms with E-state index in [9.17, 15) is 35.9 Å². The van der Waals surface area contributed by atoms with Crippen LogP contribution < -0.4 is 16.0 Å². The maximum absolute atomic E-state index is 12.6. The van der Waals surface area contributed by atoms with Gasteiger partial charge in [-0.1, -0.05) is 74.5 Å². The van der Waals surface area contributed by atoms with Crippen LogP contribution in [0.2, 0.25) is 0 Å². The number of amides is 2. The second kappa shape index (κ2) is 15.6. The van der Waals surface area contributed by atoms with Crippen LogP contribution in [0.4, 0.5) is 26.3 Å². The van der Waals surface area contributed by atoms with E-state index in [0.29, 0.717) is 39.0 Å². The molecule has 2 fully saturated rings. The van der Waals surface area contributed by atoms with E-state index in [1.807, 2.05) is 41.7 Å². The van der Waals surface area contributed by atoms with Gasteiger partial charge in [0.05, 0.1) is 6.04 Å². The topological polar surface area (TPSA) is 73.5 Å². The minimum atomic E-state index is -4.84. The van der Waals surface area contributed by atoms with E-state index < -0.39 is 30.2 Å². The number of carbonyl (C=O) groups excluding carboxylic acids is 2. The Balaban J connectivity index is 0.000000349. The number of rotatable bonds is 9. The Morgan fingerprint density at radius 2 is 1.14 bits per heavy atom. The molecule has 2 saturated heterocycles. The van der Waals surface area contributed by atoms with Crippen molar-refractivity contribution in [2.24, 2.45) is 11.8 Å². The van der Waals surface area contributed by atoms with Gasteiger partial charge < -0.3 is 16.0 Å². The fourth-order valence-electron chi connectivity index (χ4n) is 5.10. The first-order chi connectivity index (χ1) is 19.3. The number of likely N-dealkylation sites (tertiary alicyclic amines) is 1. The lowest BCUT2D eigenvalue weighted by molar-refractivity contribution is -0.175. The first kappa shape index (κ1) is 35.4. The Labute approximate surface area is 248 Å². The molecule has 42 heavy (non-hydrogen) atoms. The number of hydrogen-bond donors (Lipinski definition) is 3. The molecule has 2 amide bonds. The zero-order chi connectivity index (χ0) is 30.2. The van der Waals surface area contributed by atoms with Crippen molar-refractivity contribution in [2.75, 3.05) is 26.2 Å². The molecule has 13 heteroatoms. The highest BCUT2D eigenvalue weighted by atomic mass is 35.5. The molecule has 2 aromatic carbocycles. The van der Waals surface area contributed by atoms with Gasteiger partial charge in [0, 0.05) is 50.1 Å². The van der Waals surface area contributed by atoms with Crippen molar-refractivity contribution < 1.29 is 35.9 Å². The van der Waals surface area contributed by atoms with Crippen molar-refractivity contribution in [3.63, 3.8) is 0 Å². The molecule has 2 aliphatic heterocycles. The molecule has 0 saturated carbocycles. The lowest BCUT2D eigenvalue weighted by atomic mass is 9.85. The Kier molecular flexibility index (Phi) is 13.1. The van der Waals surface area contributed by atoms with Gasteiger partial charge in [-0.15, -0.1) is 12.4 Å². The number of nitrogens with one attached hydrogen (secondary N) is 3. The van der Waals surface area contributed by atoms with Crippen molar-refractivity contribution >= 4 is 24.2 Å². The quantitative estimate of drug-likeness (QED) is 0.334. The highest BCUT2D eigenvalue weighted by Gasteiger charge is 2.44. The van der Waals surface area contributed by atoms with Gasteiger partial charge in [0.15, 0.2) is 0 Å². The van der Waals surface area contributed by atoms with Gasteiger partial charge in [0.25, 0.3) is 0 Å². The maximum Gasteiger partial charge on any atom is 0.471 e. The molecule has 0 aliphatic carbocycles. The van der Waals surface area contributed by atoms with Crippen LogP contribution in [-0.2, 0) is 9.59 Å². The lowest BCUT2D eigenvalue weighted by Gasteiger charge is -2.47. The molecule has 2 aliphatic rings. The zero-order valence-corrected chi connectivity index (χ0v) is 24.2. The summed E-state index contributed by atoms with van der Waals surface area (Å²) in [7, 11) is 0. The van der Waals surface area contributed by atoms with Crippen molar-refractivity contribution in [3.8, 4) is 0 Å². The summed E-state index contributed by atoms with van der Waals surface area (Å²) in [6.45, 7) is 6.21. The summed E-state index contributed by atoms with van der Waals surface area (Å²) in [4.78, 5) is 24.2. The van der Waals surface area contributed by atoms with Gasteiger partial charge in [0.2, 0.25) is 0 Å². The van der Waals surface area contributed by atoms with Crippen LogP contribution in [0, 0.1) is 11.8 Å². The number of carbonyl (C=O) groups is 2. The normalized spacial score (nSPS) is 17.5. The first-order valence-electron chi connectivity index (χ1n) is 13.6. The van der Waals surface area contributed by atoms with Crippen molar-refractivity contribution in [1.29, 1.82) is 0 Å². The van der Waals surface area contributed by atoms with E-state index in [0.717, 1.165) is 11.1 Å². The summed E-state index contributed by atoms with van der Waals surface area (Å²) in [5.41, 5.74) is 2.30. The monoisotopic (exact) mass is 622 g/mol. The number of hydrogen-bond acceptors (Lipinski definition) is 4. The van der Waals surface area contributed by atoms with E-state index in [4.69, 9.17) is 0 Å². The molecular formula is C29H37ClF6N4O2. The summed E-state index contributed by atoms with van der Waals surface area (Å²) in [6, 6.07) is 19.3. The van der Waals surface area contributed by atoms with E-state index in [1.165, 1.54) is 0 Å². The highest BCUT2D eigenvalue weighted by Crippen LogP contribution is 2.36. The van der Waals surface area contributed by atoms with Crippen molar-refractivity contribution in [2.45, 2.75) is 57.2 Å². The van der Waals surface area contributed by atoms with Crippen LogP contribution in [0.1, 0.15) is 43.9 Å². The SMILES string of the molecule is CCC(NC(=O)C(F)(F)F)C1CN(C(c2ccccc2)c2ccccc2)C1.CCC(NC(=O)C(F)(F)F)C1CNC1.Cl. The second-order valence-electron chi connectivity index (χ2n) is 10.3. The fourth-order valence-corrected chi connectivity index (χ4v) is 5.10. The summed E-state index contributed by atoms with van der Waals surface area (Å²) in [6.07, 6.45) is -8.62. The van der Waals surface area contributed by atoms with Gasteiger partial charge in [0.1, 0.15) is 0 Å². The standard InChI is InChI=1S/C21H23F3N2O.C8H13F3N2O.ClH/c1-2-18(25-20(27)21(22,23)24)17-13-26(14-17)19(15-9-5-3-6-10-15)16-11-7-4-8-12-16;1-2-6(5-3-12-4-5)13-7(14)8(9,10)11;/h3-12,17-19H,2,13-14H2,1H3,(H,25,27);5-6,12H,2-4H2,1H3,(H,13,14);1H. The third-order valence-corrected chi connectivity index (χ3v) is 7.51. The van der Waals surface area contributed by atoms with Crippen molar-refractivity contribution in [1.82, 2.24) is 20.9 Å². The van der Waals surface area contributed by atoms with Gasteiger partial charge in [-0.3, -0.25) is 14.5 Å². The molecule has 2 aromatic rings. The summed E-state index contributed by atoms with van der Waals surface area (Å²) >= 11 is 0. The van der Waals surface area contributed by atoms with Crippen LogP contribution in [0.15, 0.2) is 60.7 Å². The average molecular weight is 623 g/mol. The number of halogens is 7. The second-order valence-corrected chi connectivity index (χ2v) is 10.3. The maximum atomic E-state index is 12.6. The van der Waals surface area contributed by atoms with Crippen LogP contribution in [0.25, 0.3) is 0 Å². The minimum Gasteiger partial charge on any atom is -0.345 e. The molecule has 0 spiro atoms. The Morgan fingerprint density at radius 1 is 0.762 bits per heavy atom. The van der Waals surface area contributed by atoms with Crippen LogP contribution >= 0.6 is 12.4 Å². The fraction of sp³-hybridized carbons (Fsp3) is 0.517. The van der Waals surface area contributed by atoms with E-state index in [-0.39, 0.29) is 36.3 Å². The van der Waals surface area contributed by atoms with Crippen LogP contribution in [0.5, 0.6) is 0 Å². The average Bonchev–Trinajstić information content (AvgIpc) is 2.88. The number of alkyl halides is 6. The lowest BCUT2D eigenvalue weighted by Crippen LogP contribution is -2.58. The van der Waals surface area contributed by atoms with E-state index in [1.54, 1.807) is 13.8 Å². The molecule has 0 bridgehead atoms. The molecule has 234 valence electrons. The third kappa shape index (κ3) is 9.60. The third-order valence-electron chi connectivity index (χ3n) is 7.51. The number of nitrogens with zero attached hydrogens (tertiary/aromatic N) is 1. The highest BCUT2D eigenvalue weighted by molar-refractivity contribution is 5.85. The summed E-state index contributed by atoms with van der Waals surface area (Å²) in [5.74, 6) is -3.55. The van der Waals surface area contributed by atoms with Crippen LogP contribution in [-0.4, -0.2) is 67.3 Å². The molecule has 2 atom stereocenters. The molecule has 2 heterocycles. The van der Waals surface area contributed by atoms with Crippen molar-refractivity contribution in [3.05, 3.63) is 71.8 Å². The summed E-state index contributed by atoms with van der Waals surface area (Å²) < 4.78 is 73.4. The Morgan fingerprint density at radius 3 is 1.45 bits per heavy atom. The van der Waals surface area contributed by atoms with Gasteiger partial charge in [-0.05, 0) is 24.0 Å². The first-order valence-corrected chi connectivity index (χ1v) is 13.6. The molecule has 6 nitrogen and oxygen atoms in total. The minimum absolute atomic E-state index is 0. The van der Waals surface area contributed by atoms with Gasteiger partial charge in [-0.2, -0.15) is 26.3 Å². The predicted molar refractivity (Wildman–Crippen MR) is 150 cm³/mol. The molecular weight excluding hydrogens is 586 g/mol. The Bertz CT molecular complexity index is 1070. The zero-order valence-electron chi connectivity index (χ0n) is 23.3. The van der Waals surface area contributed by atoms with E-state index in [2.05, 4.69) is 39.8 Å². The van der Waals surface area contributed by atoms with Crippen LogP contribution in [0.3, 0.4) is 0 Å². The Hall–Kier alpha value is -2.83.